The smallest absolute Gasteiger partial charge is 0.657 e. The molecule has 0 aliphatic carbocycles. The largest absolute Gasteiger partial charge is 2.00 e. The van der Waals surface area contributed by atoms with Crippen LogP contribution in [0, 0.1) is 11.8 Å². The first-order valence-electron chi connectivity index (χ1n) is 26.5. The third-order valence-electron chi connectivity index (χ3n) is 14.6. The number of hydrogen-bond acceptors (Lipinski definition) is 4. The summed E-state index contributed by atoms with van der Waals surface area (Å²) in [5.74, 6) is 7.12. The van der Waals surface area contributed by atoms with Gasteiger partial charge in [0.1, 0.15) is 0 Å². The Morgan fingerprint density at radius 2 is 0.573 bits per heavy atom. The Balaban J connectivity index is 0.00000316. The van der Waals surface area contributed by atoms with Crippen LogP contribution in [0.2, 0.25) is 0 Å². The van der Waals surface area contributed by atoms with Crippen molar-refractivity contribution in [3.63, 3.8) is 0 Å². The van der Waals surface area contributed by atoms with Gasteiger partial charge in [-0.1, -0.05) is 206 Å². The first-order chi connectivity index (χ1) is 39.6. The van der Waals surface area contributed by atoms with E-state index in [0.29, 0.717) is 16.8 Å². The van der Waals surface area contributed by atoms with Gasteiger partial charge in [-0.15, -0.1) is 44.1 Å². The molecule has 4 aliphatic rings. The van der Waals surface area contributed by atoms with Crippen LogP contribution in [-0.2, 0) is 39.0 Å². The van der Waals surface area contributed by atoms with E-state index < -0.39 is 0 Å². The summed E-state index contributed by atoms with van der Waals surface area (Å²) in [4.78, 5) is 42.1. The molecule has 374 valence electrons. The third-order valence-corrected chi connectivity index (χ3v) is 14.6. The monoisotopic (exact) mass is 1150 g/mol. The van der Waals surface area contributed by atoms with Crippen LogP contribution in [0.3, 0.4) is 0 Å². The minimum absolute atomic E-state index is 0. The predicted molar refractivity (Wildman–Crippen MR) is 327 cm³/mol. The van der Waals surface area contributed by atoms with Crippen LogP contribution in [0.25, 0.3) is 148 Å². The third kappa shape index (κ3) is 9.77. The van der Waals surface area contributed by atoms with Gasteiger partial charge in [0.2, 0.25) is 0 Å². The summed E-state index contributed by atoms with van der Waals surface area (Å²) >= 11 is 0. The maximum Gasteiger partial charge on any atom is 2.00 e. The van der Waals surface area contributed by atoms with Crippen LogP contribution in [0.15, 0.2) is 206 Å². The molecule has 4 aliphatic heterocycles. The Hall–Kier alpha value is -9.89. The van der Waals surface area contributed by atoms with Crippen molar-refractivity contribution in [1.29, 1.82) is 0 Å². The number of rotatable bonds is 5. The fraction of sp³-hybridized carbons (Fsp3) is 0. The van der Waals surface area contributed by atoms with Crippen molar-refractivity contribution >= 4 is 92.7 Å². The summed E-state index contributed by atoms with van der Waals surface area (Å²) < 4.78 is 0. The van der Waals surface area contributed by atoms with E-state index >= 15 is 0 Å². The van der Waals surface area contributed by atoms with Gasteiger partial charge in [0.05, 0.1) is 45.6 Å². The number of aromatic nitrogens is 8. The maximum atomic E-state index is 5.43. The van der Waals surface area contributed by atoms with Gasteiger partial charge in [0.15, 0.2) is 0 Å². The van der Waals surface area contributed by atoms with E-state index in [-0.39, 0.29) is 39.0 Å². The van der Waals surface area contributed by atoms with E-state index in [4.69, 9.17) is 39.9 Å². The van der Waals surface area contributed by atoms with E-state index in [1.807, 2.05) is 121 Å². The van der Waals surface area contributed by atoms with Crippen molar-refractivity contribution in [1.82, 2.24) is 39.9 Å². The zero-order chi connectivity index (χ0) is 52.9. The molecule has 10 heterocycles. The van der Waals surface area contributed by atoms with Crippen molar-refractivity contribution < 1.29 is 39.0 Å². The second-order valence-electron chi connectivity index (χ2n) is 19.7. The SMILES string of the molecule is C(#Cc1c2nc(c(-c3ccccc3)c3ccc(cc4nc(c(-c5ccccc5)c5ccc1[n-]5)C=C4)[n-]3)C=C2)c1ccc(-c2c3nc(c(-c4ccccc4)c4ccc(cc5nc(c(-c6ccccc6)c6ccc2[n-]6)C=C5)[n-]4)C=C3)cc1.[Zn+2].[Zn+2]. The van der Waals surface area contributed by atoms with Crippen LogP contribution in [0.4, 0.5) is 0 Å². The van der Waals surface area contributed by atoms with Gasteiger partial charge in [-0.2, -0.15) is 0 Å². The molecule has 16 bridgehead atoms. The Kier molecular flexibility index (Phi) is 13.8. The van der Waals surface area contributed by atoms with E-state index in [1.54, 1.807) is 0 Å². The maximum absolute atomic E-state index is 5.43. The van der Waals surface area contributed by atoms with Crippen molar-refractivity contribution in [2.75, 3.05) is 0 Å². The van der Waals surface area contributed by atoms with Gasteiger partial charge in [-0.3, -0.25) is 0 Å². The molecule has 8 nitrogen and oxygen atoms in total. The summed E-state index contributed by atoms with van der Waals surface area (Å²) in [6, 6.07) is 70.1. The average Bonchev–Trinajstić information content (AvgIpc) is 4.47. The second-order valence-corrected chi connectivity index (χ2v) is 19.7. The molecule has 0 spiro atoms. The Labute approximate surface area is 498 Å². The molecule has 5 aromatic carbocycles. The molecule has 0 saturated carbocycles. The molecule has 0 N–H and O–H groups in total. The van der Waals surface area contributed by atoms with Crippen LogP contribution in [0.1, 0.15) is 56.7 Å². The van der Waals surface area contributed by atoms with Crippen molar-refractivity contribution in [3.8, 4) is 67.5 Å². The summed E-state index contributed by atoms with van der Waals surface area (Å²) in [5, 5.41) is 0. The minimum atomic E-state index is 0. The molecule has 10 heteroatoms. The topological polar surface area (TPSA) is 108 Å². The van der Waals surface area contributed by atoms with Crippen molar-refractivity contribution in [2.45, 2.75) is 0 Å². The number of fused-ring (bicyclic) bond motifs is 16. The van der Waals surface area contributed by atoms with Crippen molar-refractivity contribution in [2.24, 2.45) is 0 Å². The van der Waals surface area contributed by atoms with Gasteiger partial charge >= 0.3 is 39.0 Å². The minimum Gasteiger partial charge on any atom is -0.657 e. The van der Waals surface area contributed by atoms with Crippen LogP contribution in [0.5, 0.6) is 0 Å². The standard InChI is InChI=1S/C72H42N8.2Zn/c1-5-13-46(14-6-1)68-58-31-26-51(73-58)43-52-27-32-59(74-52)69(47-15-7-2-8-16-47)63-38-36-57(78-63)55(56-35-37-62(68)77-56)30-23-45-21-24-50(25-22-45)72-66-41-39-64(79-66)70(48-17-9-3-10-18-48)60-33-28-53(75-60)44-54-29-34-61(76-54)71(49-19-11-4-12-20-49)65-40-42-67(72)80-65;;/h1-22,24-29,31-44H;;/q-4;2*+2. The Morgan fingerprint density at radius 1 is 0.256 bits per heavy atom. The Morgan fingerprint density at radius 3 is 1.00 bits per heavy atom. The van der Waals surface area contributed by atoms with Gasteiger partial charge < -0.3 is 19.9 Å². The number of benzene rings is 5. The molecule has 0 radical (unpaired) electrons. The van der Waals surface area contributed by atoms with E-state index in [1.165, 1.54) is 0 Å². The number of nitrogens with zero attached hydrogens (tertiary/aromatic N) is 8. The van der Waals surface area contributed by atoms with Crippen molar-refractivity contribution in [3.05, 3.63) is 263 Å². The molecule has 0 saturated heterocycles. The fourth-order valence-electron chi connectivity index (χ4n) is 10.9. The molecule has 82 heavy (non-hydrogen) atoms. The first kappa shape index (κ1) is 51.5. The molecular formula is C72H42N8Zn2. The average molecular weight is 1150 g/mol. The fourth-order valence-corrected chi connectivity index (χ4v) is 10.9. The van der Waals surface area contributed by atoms with Gasteiger partial charge in [0, 0.05) is 11.1 Å². The molecule has 0 fully saturated rings. The molecule has 0 amide bonds. The van der Waals surface area contributed by atoms with Crippen LogP contribution in [-0.4, -0.2) is 19.9 Å². The predicted octanol–water partition coefficient (Wildman–Crippen LogP) is 15.9. The molecular weight excluding hydrogens is 1110 g/mol. The summed E-state index contributed by atoms with van der Waals surface area (Å²) in [6.07, 6.45) is 16.5. The second kappa shape index (κ2) is 22.0. The first-order valence-corrected chi connectivity index (χ1v) is 26.5. The quantitative estimate of drug-likeness (QED) is 0.124. The molecule has 0 unspecified atom stereocenters. The summed E-state index contributed by atoms with van der Waals surface area (Å²) in [6.45, 7) is 0. The van der Waals surface area contributed by atoms with Crippen LogP contribution < -0.4 is 19.9 Å². The van der Waals surface area contributed by atoms with Gasteiger partial charge in [-0.25, -0.2) is 19.9 Å². The van der Waals surface area contributed by atoms with E-state index in [2.05, 4.69) is 145 Å². The van der Waals surface area contributed by atoms with E-state index in [9.17, 15) is 0 Å². The zero-order valence-electron chi connectivity index (χ0n) is 44.2. The zero-order valence-corrected chi connectivity index (χ0v) is 50.2. The summed E-state index contributed by atoms with van der Waals surface area (Å²) in [7, 11) is 0. The van der Waals surface area contributed by atoms with Gasteiger partial charge in [0.25, 0.3) is 0 Å². The number of hydrogen-bond donors (Lipinski definition) is 0. The normalized spacial score (nSPS) is 11.9. The Bertz CT molecular complexity index is 4790. The molecule has 11 aromatic rings. The summed E-state index contributed by atoms with van der Waals surface area (Å²) in [5.41, 5.74) is 23.9. The molecule has 15 rings (SSSR count). The molecule has 6 aromatic heterocycles. The van der Waals surface area contributed by atoms with Gasteiger partial charge in [-0.05, 0) is 116 Å². The molecule has 0 atom stereocenters. The van der Waals surface area contributed by atoms with E-state index in [0.717, 1.165) is 140 Å². The van der Waals surface area contributed by atoms with Crippen LogP contribution >= 0.6 is 0 Å².